The number of hydrogen-bond acceptors (Lipinski definition) is 6. The number of fused-ring (bicyclic) bond motifs is 1. The smallest absolute Gasteiger partial charge is 0.230 e. The van der Waals surface area contributed by atoms with E-state index < -0.39 is 0 Å². The van der Waals surface area contributed by atoms with E-state index in [0.717, 1.165) is 27.0 Å². The van der Waals surface area contributed by atoms with Crippen LogP contribution in [0.5, 0.6) is 11.5 Å². The summed E-state index contributed by atoms with van der Waals surface area (Å²) in [7, 11) is 3.21. The van der Waals surface area contributed by atoms with Gasteiger partial charge in [-0.3, -0.25) is 4.79 Å². The predicted octanol–water partition coefficient (Wildman–Crippen LogP) is 3.81. The van der Waals surface area contributed by atoms with E-state index in [1.165, 1.54) is 11.3 Å². The number of aromatic nitrogens is 3. The van der Waals surface area contributed by atoms with Gasteiger partial charge >= 0.3 is 0 Å². The maximum Gasteiger partial charge on any atom is 0.230 e. The van der Waals surface area contributed by atoms with E-state index in [1.807, 2.05) is 48.7 Å². The van der Waals surface area contributed by atoms with Gasteiger partial charge in [0.1, 0.15) is 5.01 Å². The van der Waals surface area contributed by atoms with Crippen LogP contribution < -0.4 is 14.8 Å². The minimum absolute atomic E-state index is 0.122. The monoisotopic (exact) mass is 408 g/mol. The number of aromatic amines is 1. The Morgan fingerprint density at radius 1 is 1.10 bits per heavy atom. The fraction of sp³-hybridized carbons (Fsp3) is 0.190. The largest absolute Gasteiger partial charge is 0.493 e. The average Bonchev–Trinajstić information content (AvgIpc) is 3.35. The molecule has 1 amide bonds. The second-order valence-electron chi connectivity index (χ2n) is 6.45. The van der Waals surface area contributed by atoms with Gasteiger partial charge in [0, 0.05) is 23.5 Å². The number of nitrogens with one attached hydrogen (secondary N) is 2. The average molecular weight is 408 g/mol. The maximum atomic E-state index is 12.4. The van der Waals surface area contributed by atoms with Crippen LogP contribution in [0.25, 0.3) is 10.9 Å². The maximum absolute atomic E-state index is 12.4. The number of methoxy groups -OCH3 is 2. The van der Waals surface area contributed by atoms with E-state index in [2.05, 4.69) is 20.5 Å². The standard InChI is InChI=1S/C21H20N4O3S/c1-27-17-8-7-13(9-18(17)28-2)10-20-24-25-21(29-20)23-19(26)11-14-12-22-16-6-4-3-5-15(14)16/h3-9,12,22H,10-11H2,1-2H3,(H,23,25,26). The number of nitrogens with zero attached hydrogens (tertiary/aromatic N) is 2. The zero-order valence-corrected chi connectivity index (χ0v) is 16.9. The zero-order valence-electron chi connectivity index (χ0n) is 16.1. The second-order valence-corrected chi connectivity index (χ2v) is 7.51. The molecule has 2 N–H and O–H groups in total. The Balaban J connectivity index is 1.41. The molecular weight excluding hydrogens is 388 g/mol. The summed E-state index contributed by atoms with van der Waals surface area (Å²) >= 11 is 1.36. The second kappa shape index (κ2) is 8.32. The van der Waals surface area contributed by atoms with Crippen molar-refractivity contribution in [2.24, 2.45) is 0 Å². The van der Waals surface area contributed by atoms with Crippen LogP contribution in [0.15, 0.2) is 48.7 Å². The first-order chi connectivity index (χ1) is 14.2. The van der Waals surface area contributed by atoms with E-state index in [0.29, 0.717) is 23.1 Å². The Morgan fingerprint density at radius 3 is 2.76 bits per heavy atom. The van der Waals surface area contributed by atoms with Crippen LogP contribution in [0, 0.1) is 0 Å². The zero-order chi connectivity index (χ0) is 20.2. The molecule has 148 valence electrons. The third-order valence-electron chi connectivity index (χ3n) is 4.54. The molecule has 4 rings (SSSR count). The highest BCUT2D eigenvalue weighted by Gasteiger charge is 2.13. The lowest BCUT2D eigenvalue weighted by atomic mass is 10.1. The van der Waals surface area contributed by atoms with Gasteiger partial charge in [0.2, 0.25) is 11.0 Å². The van der Waals surface area contributed by atoms with Crippen molar-refractivity contribution >= 4 is 33.3 Å². The van der Waals surface area contributed by atoms with Gasteiger partial charge in [0.05, 0.1) is 20.6 Å². The summed E-state index contributed by atoms with van der Waals surface area (Å²) in [5.74, 6) is 1.23. The van der Waals surface area contributed by atoms with Gasteiger partial charge < -0.3 is 19.8 Å². The molecule has 0 bridgehead atoms. The molecule has 7 nitrogen and oxygen atoms in total. The highest BCUT2D eigenvalue weighted by atomic mass is 32.1. The summed E-state index contributed by atoms with van der Waals surface area (Å²) in [6.07, 6.45) is 2.73. The molecule has 0 spiro atoms. The van der Waals surface area contributed by atoms with Gasteiger partial charge in [-0.2, -0.15) is 0 Å². The van der Waals surface area contributed by atoms with Crippen molar-refractivity contribution in [3.05, 3.63) is 64.8 Å². The molecule has 4 aromatic rings. The highest BCUT2D eigenvalue weighted by molar-refractivity contribution is 7.15. The number of para-hydroxylation sites is 1. The third kappa shape index (κ3) is 4.22. The van der Waals surface area contributed by atoms with Crippen LogP contribution in [0.2, 0.25) is 0 Å². The molecule has 2 aromatic carbocycles. The number of ether oxygens (including phenoxy) is 2. The molecule has 0 fully saturated rings. The molecule has 0 aliphatic rings. The lowest BCUT2D eigenvalue weighted by molar-refractivity contribution is -0.115. The molecule has 0 saturated heterocycles. The summed E-state index contributed by atoms with van der Waals surface area (Å²) < 4.78 is 10.6. The molecular formula is C21H20N4O3S. The van der Waals surface area contributed by atoms with Gasteiger partial charge in [0.15, 0.2) is 11.5 Å². The first kappa shape index (κ1) is 18.9. The molecule has 29 heavy (non-hydrogen) atoms. The summed E-state index contributed by atoms with van der Waals surface area (Å²) in [4.78, 5) is 15.6. The lowest BCUT2D eigenvalue weighted by Gasteiger charge is -2.08. The fourth-order valence-electron chi connectivity index (χ4n) is 3.16. The molecule has 2 aromatic heterocycles. The number of H-pyrrole nitrogens is 1. The van der Waals surface area contributed by atoms with Gasteiger partial charge in [0.25, 0.3) is 0 Å². The molecule has 0 saturated carbocycles. The molecule has 0 aliphatic heterocycles. The number of rotatable bonds is 7. The van der Waals surface area contributed by atoms with Crippen LogP contribution in [0.4, 0.5) is 5.13 Å². The first-order valence-corrected chi connectivity index (χ1v) is 9.86. The quantitative estimate of drug-likeness (QED) is 0.485. The van der Waals surface area contributed by atoms with Crippen LogP contribution in [-0.2, 0) is 17.6 Å². The molecule has 2 heterocycles. The van der Waals surface area contributed by atoms with Crippen LogP contribution in [0.1, 0.15) is 16.1 Å². The number of hydrogen-bond donors (Lipinski definition) is 2. The van der Waals surface area contributed by atoms with Crippen LogP contribution in [-0.4, -0.2) is 35.3 Å². The Hall–Kier alpha value is -3.39. The SMILES string of the molecule is COc1ccc(Cc2nnc(NC(=O)Cc3c[nH]c4ccccc34)s2)cc1OC. The summed E-state index contributed by atoms with van der Waals surface area (Å²) in [6.45, 7) is 0. The molecule has 0 radical (unpaired) electrons. The third-order valence-corrected chi connectivity index (χ3v) is 5.38. The van der Waals surface area contributed by atoms with E-state index in [1.54, 1.807) is 14.2 Å². The van der Waals surface area contributed by atoms with Crippen molar-refractivity contribution in [3.8, 4) is 11.5 Å². The summed E-state index contributed by atoms with van der Waals surface area (Å²) in [6, 6.07) is 13.6. The number of amides is 1. The molecule has 0 atom stereocenters. The van der Waals surface area contributed by atoms with Gasteiger partial charge in [-0.05, 0) is 29.3 Å². The van der Waals surface area contributed by atoms with Crippen LogP contribution >= 0.6 is 11.3 Å². The van der Waals surface area contributed by atoms with Gasteiger partial charge in [-0.15, -0.1) is 10.2 Å². The molecule has 0 aliphatic carbocycles. The predicted molar refractivity (Wildman–Crippen MR) is 113 cm³/mol. The first-order valence-electron chi connectivity index (χ1n) is 9.04. The number of carbonyl (C=O) groups excluding carboxylic acids is 1. The highest BCUT2D eigenvalue weighted by Crippen LogP contribution is 2.29. The van der Waals surface area contributed by atoms with E-state index >= 15 is 0 Å². The lowest BCUT2D eigenvalue weighted by Crippen LogP contribution is -2.14. The Labute approximate surface area is 171 Å². The van der Waals surface area contributed by atoms with Crippen molar-refractivity contribution in [3.63, 3.8) is 0 Å². The van der Waals surface area contributed by atoms with E-state index in [4.69, 9.17) is 9.47 Å². The Kier molecular flexibility index (Phi) is 5.44. The summed E-state index contributed by atoms with van der Waals surface area (Å²) in [5, 5.41) is 13.5. The van der Waals surface area contributed by atoms with Crippen molar-refractivity contribution in [1.82, 2.24) is 15.2 Å². The Bertz CT molecular complexity index is 1150. The van der Waals surface area contributed by atoms with Gasteiger partial charge in [-0.25, -0.2) is 0 Å². The van der Waals surface area contributed by atoms with Gasteiger partial charge in [-0.1, -0.05) is 35.6 Å². The van der Waals surface area contributed by atoms with Crippen molar-refractivity contribution in [2.75, 3.05) is 19.5 Å². The molecule has 8 heteroatoms. The van der Waals surface area contributed by atoms with Crippen molar-refractivity contribution in [1.29, 1.82) is 0 Å². The number of carbonyl (C=O) groups is 1. The molecule has 0 unspecified atom stereocenters. The fourth-order valence-corrected chi connectivity index (χ4v) is 3.95. The normalized spacial score (nSPS) is 10.8. The minimum Gasteiger partial charge on any atom is -0.493 e. The number of anilines is 1. The minimum atomic E-state index is -0.122. The topological polar surface area (TPSA) is 89.1 Å². The number of benzene rings is 2. The van der Waals surface area contributed by atoms with Crippen molar-refractivity contribution < 1.29 is 14.3 Å². The van der Waals surface area contributed by atoms with E-state index in [-0.39, 0.29) is 12.3 Å². The summed E-state index contributed by atoms with van der Waals surface area (Å²) in [5.41, 5.74) is 2.99. The van der Waals surface area contributed by atoms with Crippen LogP contribution in [0.3, 0.4) is 0 Å². The Morgan fingerprint density at radius 2 is 1.93 bits per heavy atom. The van der Waals surface area contributed by atoms with E-state index in [9.17, 15) is 4.79 Å². The van der Waals surface area contributed by atoms with Crippen molar-refractivity contribution in [2.45, 2.75) is 12.8 Å².